The molecule has 2 aromatic rings. The van der Waals surface area contributed by atoms with Crippen molar-refractivity contribution in [2.24, 2.45) is 0 Å². The number of nitrogens with zero attached hydrogens (tertiary/aromatic N) is 2. The molecule has 9 heteroatoms. The molecular weight excluding hydrogens is 362 g/mol. The summed E-state index contributed by atoms with van der Waals surface area (Å²) in [6.45, 7) is 0. The molecule has 2 rings (SSSR count). The van der Waals surface area contributed by atoms with Crippen molar-refractivity contribution in [3.8, 4) is 17.6 Å². The van der Waals surface area contributed by atoms with Crippen molar-refractivity contribution in [3.05, 3.63) is 62.7 Å². The Hall–Kier alpha value is -3.31. The second-order valence-corrected chi connectivity index (χ2v) is 5.47. The summed E-state index contributed by atoms with van der Waals surface area (Å²) >= 11 is 5.75. The third-order valence-electron chi connectivity index (χ3n) is 3.55. The van der Waals surface area contributed by atoms with Gasteiger partial charge < -0.3 is 14.8 Å². The lowest BCUT2D eigenvalue weighted by Gasteiger charge is -2.17. The number of rotatable bonds is 6. The normalized spacial score (nSPS) is 11.2. The molecule has 0 radical (unpaired) electrons. The molecule has 1 unspecified atom stereocenters. The average molecular weight is 376 g/mol. The topological polar surface area (TPSA) is 114 Å². The van der Waals surface area contributed by atoms with Gasteiger partial charge in [0.25, 0.3) is 11.6 Å². The quantitative estimate of drug-likeness (QED) is 0.612. The summed E-state index contributed by atoms with van der Waals surface area (Å²) in [5, 5.41) is 23.2. The summed E-state index contributed by atoms with van der Waals surface area (Å²) in [6.07, 6.45) is 0. The van der Waals surface area contributed by atoms with Gasteiger partial charge in [-0.25, -0.2) is 0 Å². The summed E-state index contributed by atoms with van der Waals surface area (Å²) in [7, 11) is 2.85. The lowest BCUT2D eigenvalue weighted by molar-refractivity contribution is -0.385. The molecule has 0 spiro atoms. The van der Waals surface area contributed by atoms with Crippen molar-refractivity contribution in [2.45, 2.75) is 6.04 Å². The minimum absolute atomic E-state index is 0.125. The highest BCUT2D eigenvalue weighted by Crippen LogP contribution is 2.34. The monoisotopic (exact) mass is 375 g/mol. The molecule has 8 nitrogen and oxygen atoms in total. The number of hydrogen-bond donors (Lipinski definition) is 1. The van der Waals surface area contributed by atoms with E-state index >= 15 is 0 Å². The minimum atomic E-state index is -1.11. The number of nitriles is 1. The molecule has 0 aliphatic carbocycles. The van der Waals surface area contributed by atoms with E-state index in [-0.39, 0.29) is 16.3 Å². The summed E-state index contributed by atoms with van der Waals surface area (Å²) in [5.41, 5.74) is -0.301. The highest BCUT2D eigenvalue weighted by molar-refractivity contribution is 6.31. The maximum atomic E-state index is 12.5. The van der Waals surface area contributed by atoms with Crippen molar-refractivity contribution >= 4 is 23.2 Å². The van der Waals surface area contributed by atoms with Gasteiger partial charge in [-0.15, -0.1) is 0 Å². The smallest absolute Gasteiger partial charge is 0.283 e. The summed E-state index contributed by atoms with van der Waals surface area (Å²) < 4.78 is 10.4. The van der Waals surface area contributed by atoms with Crippen LogP contribution in [-0.2, 0) is 0 Å². The van der Waals surface area contributed by atoms with Gasteiger partial charge in [0.05, 0.1) is 25.2 Å². The number of benzene rings is 2. The Morgan fingerprint density at radius 2 is 2.04 bits per heavy atom. The molecular formula is C17H14ClN3O5. The minimum Gasteiger partial charge on any atom is -0.493 e. The van der Waals surface area contributed by atoms with E-state index in [2.05, 4.69) is 5.32 Å². The van der Waals surface area contributed by atoms with E-state index < -0.39 is 22.6 Å². The average Bonchev–Trinajstić information content (AvgIpc) is 2.64. The fraction of sp³-hybridized carbons (Fsp3) is 0.176. The first kappa shape index (κ1) is 19.0. The first-order valence-corrected chi connectivity index (χ1v) is 7.66. The van der Waals surface area contributed by atoms with Crippen LogP contribution in [0.2, 0.25) is 5.02 Å². The van der Waals surface area contributed by atoms with Crippen molar-refractivity contribution in [1.82, 2.24) is 5.32 Å². The van der Waals surface area contributed by atoms with E-state index in [0.29, 0.717) is 11.3 Å². The zero-order valence-corrected chi connectivity index (χ0v) is 14.6. The second kappa shape index (κ2) is 8.18. The molecule has 0 saturated heterocycles. The number of halogens is 1. The molecule has 0 fully saturated rings. The molecule has 1 atom stereocenters. The Bertz CT molecular complexity index is 894. The number of carbonyl (C=O) groups excluding carboxylic acids is 1. The van der Waals surface area contributed by atoms with Crippen LogP contribution in [0.15, 0.2) is 36.4 Å². The first-order chi connectivity index (χ1) is 12.4. The molecule has 0 aromatic heterocycles. The molecule has 26 heavy (non-hydrogen) atoms. The summed E-state index contributed by atoms with van der Waals surface area (Å²) in [6, 6.07) is 9.36. The van der Waals surface area contributed by atoms with Crippen LogP contribution < -0.4 is 14.8 Å². The maximum absolute atomic E-state index is 12.5. The molecule has 0 saturated carbocycles. The lowest BCUT2D eigenvalue weighted by atomic mass is 10.0. The largest absolute Gasteiger partial charge is 0.493 e. The summed E-state index contributed by atoms with van der Waals surface area (Å²) in [5.74, 6) is -0.116. The maximum Gasteiger partial charge on any atom is 0.283 e. The molecule has 134 valence electrons. The van der Waals surface area contributed by atoms with E-state index in [1.807, 2.05) is 6.07 Å². The highest BCUT2D eigenvalue weighted by atomic mass is 35.5. The van der Waals surface area contributed by atoms with Crippen LogP contribution in [0.3, 0.4) is 0 Å². The van der Waals surface area contributed by atoms with Crippen LogP contribution in [0.5, 0.6) is 11.5 Å². The van der Waals surface area contributed by atoms with E-state index in [9.17, 15) is 20.2 Å². The number of methoxy groups -OCH3 is 2. The van der Waals surface area contributed by atoms with Gasteiger partial charge in [-0.1, -0.05) is 23.7 Å². The molecule has 1 amide bonds. The van der Waals surface area contributed by atoms with Gasteiger partial charge >= 0.3 is 0 Å². The number of nitro groups is 1. The third-order valence-corrected chi connectivity index (χ3v) is 3.79. The van der Waals surface area contributed by atoms with Crippen LogP contribution in [0.4, 0.5) is 5.69 Å². The SMILES string of the molecule is COc1cccc(C(C#N)NC(=O)c2ccc(Cl)cc2[N+](=O)[O-])c1OC. The second-order valence-electron chi connectivity index (χ2n) is 5.04. The van der Waals surface area contributed by atoms with Crippen LogP contribution in [0, 0.1) is 21.4 Å². The standard InChI is InChI=1S/C17H14ClN3O5/c1-25-15-5-3-4-11(16(15)26-2)13(9-19)20-17(22)12-7-6-10(18)8-14(12)21(23)24/h3-8,13H,1-2H3,(H,20,22). The van der Waals surface area contributed by atoms with Crippen molar-refractivity contribution in [2.75, 3.05) is 14.2 Å². The Morgan fingerprint density at radius 1 is 1.31 bits per heavy atom. The van der Waals surface area contributed by atoms with Gasteiger partial charge in [-0.2, -0.15) is 5.26 Å². The van der Waals surface area contributed by atoms with Gasteiger partial charge in [-0.3, -0.25) is 14.9 Å². The first-order valence-electron chi connectivity index (χ1n) is 7.28. The van der Waals surface area contributed by atoms with E-state index in [0.717, 1.165) is 6.07 Å². The molecule has 0 bridgehead atoms. The van der Waals surface area contributed by atoms with Crippen LogP contribution in [0.25, 0.3) is 0 Å². The molecule has 1 N–H and O–H groups in total. The van der Waals surface area contributed by atoms with Crippen molar-refractivity contribution < 1.29 is 19.2 Å². The van der Waals surface area contributed by atoms with Crippen molar-refractivity contribution in [1.29, 1.82) is 5.26 Å². The van der Waals surface area contributed by atoms with Gasteiger partial charge in [0.1, 0.15) is 11.6 Å². The van der Waals surface area contributed by atoms with Gasteiger partial charge in [0.15, 0.2) is 11.5 Å². The van der Waals surface area contributed by atoms with Gasteiger partial charge in [0, 0.05) is 16.7 Å². The number of carbonyl (C=O) groups is 1. The van der Waals surface area contributed by atoms with E-state index in [4.69, 9.17) is 21.1 Å². The zero-order valence-electron chi connectivity index (χ0n) is 13.9. The van der Waals surface area contributed by atoms with E-state index in [1.165, 1.54) is 26.4 Å². The molecule has 2 aromatic carbocycles. The number of para-hydroxylation sites is 1. The highest BCUT2D eigenvalue weighted by Gasteiger charge is 2.25. The van der Waals surface area contributed by atoms with Crippen molar-refractivity contribution in [3.63, 3.8) is 0 Å². The van der Waals surface area contributed by atoms with Crippen LogP contribution >= 0.6 is 11.6 Å². The Labute approximate surface area is 154 Å². The number of ether oxygens (including phenoxy) is 2. The number of hydrogen-bond acceptors (Lipinski definition) is 6. The number of amides is 1. The van der Waals surface area contributed by atoms with Gasteiger partial charge in [-0.05, 0) is 18.2 Å². The molecule has 0 aliphatic rings. The summed E-state index contributed by atoms with van der Waals surface area (Å²) in [4.78, 5) is 22.9. The predicted octanol–water partition coefficient (Wildman–Crippen LogP) is 3.26. The Kier molecular flexibility index (Phi) is 5.98. The van der Waals surface area contributed by atoms with Crippen LogP contribution in [0.1, 0.15) is 22.0 Å². The number of nitro benzene ring substituents is 1. The predicted molar refractivity (Wildman–Crippen MR) is 93.5 cm³/mol. The number of nitrogens with one attached hydrogen (secondary N) is 1. The molecule has 0 aliphatic heterocycles. The Morgan fingerprint density at radius 3 is 2.62 bits per heavy atom. The lowest BCUT2D eigenvalue weighted by Crippen LogP contribution is -2.28. The van der Waals surface area contributed by atoms with Crippen LogP contribution in [-0.4, -0.2) is 25.1 Å². The molecule has 0 heterocycles. The fourth-order valence-corrected chi connectivity index (χ4v) is 2.54. The third kappa shape index (κ3) is 3.84. The fourth-order valence-electron chi connectivity index (χ4n) is 2.38. The van der Waals surface area contributed by atoms with Gasteiger partial charge in [0.2, 0.25) is 0 Å². The van der Waals surface area contributed by atoms with E-state index in [1.54, 1.807) is 18.2 Å². The Balaban J connectivity index is 2.40. The zero-order chi connectivity index (χ0) is 19.3.